The Kier molecular flexibility index (Phi) is 3.74. The number of nitrogens with one attached hydrogen (secondary N) is 1. The predicted octanol–water partition coefficient (Wildman–Crippen LogP) is 2.10. The first kappa shape index (κ1) is 14.2. The summed E-state index contributed by atoms with van der Waals surface area (Å²) in [5.74, 6) is 0.360. The molecule has 19 heavy (non-hydrogen) atoms. The van der Waals surface area contributed by atoms with Crippen molar-refractivity contribution in [3.8, 4) is 0 Å². The molecule has 2 fully saturated rings. The Bertz CT molecular complexity index is 374. The summed E-state index contributed by atoms with van der Waals surface area (Å²) in [4.78, 5) is 23.5. The van der Waals surface area contributed by atoms with Crippen LogP contribution in [-0.4, -0.2) is 30.8 Å². The van der Waals surface area contributed by atoms with Crippen molar-refractivity contribution in [1.29, 1.82) is 0 Å². The van der Waals surface area contributed by atoms with Crippen molar-refractivity contribution in [2.75, 3.05) is 7.11 Å². The molecular formula is C14H23NO4. The lowest BCUT2D eigenvalue weighted by molar-refractivity contribution is -0.147. The molecule has 2 rings (SSSR count). The van der Waals surface area contributed by atoms with Crippen LogP contribution >= 0.6 is 0 Å². The molecule has 2 aliphatic carbocycles. The van der Waals surface area contributed by atoms with Gasteiger partial charge < -0.3 is 14.8 Å². The number of hydrogen-bond donors (Lipinski definition) is 1. The minimum Gasteiger partial charge on any atom is -0.469 e. The second kappa shape index (κ2) is 5.02. The molecule has 0 saturated heterocycles. The summed E-state index contributed by atoms with van der Waals surface area (Å²) in [7, 11) is 1.42. The van der Waals surface area contributed by atoms with Gasteiger partial charge in [0.05, 0.1) is 13.0 Å². The molecule has 1 amide bonds. The van der Waals surface area contributed by atoms with Gasteiger partial charge in [-0.2, -0.15) is 0 Å². The highest BCUT2D eigenvalue weighted by Gasteiger charge is 2.52. The van der Waals surface area contributed by atoms with Crippen LogP contribution in [-0.2, 0) is 14.3 Å². The zero-order valence-corrected chi connectivity index (χ0v) is 12.1. The van der Waals surface area contributed by atoms with Crippen LogP contribution in [0.3, 0.4) is 0 Å². The standard InChI is InChI=1S/C14H23NO4/c1-14(2,3)19-13(17)15-11-8-5-6-9(11)10(7-8)12(16)18-4/h8-11H,5-7H2,1-4H3,(H,15,17)/t8-,9-,10-,11+/m1/s1. The third-order valence-corrected chi connectivity index (χ3v) is 4.10. The summed E-state index contributed by atoms with van der Waals surface area (Å²) in [6.07, 6.45) is 2.47. The molecule has 0 aromatic carbocycles. The number of fused-ring (bicyclic) bond motifs is 2. The van der Waals surface area contributed by atoms with Crippen LogP contribution in [0, 0.1) is 17.8 Å². The number of carbonyl (C=O) groups is 2. The van der Waals surface area contributed by atoms with Gasteiger partial charge in [-0.05, 0) is 51.9 Å². The number of esters is 1. The second-order valence-corrected chi connectivity index (χ2v) is 6.54. The molecule has 0 radical (unpaired) electrons. The lowest BCUT2D eigenvalue weighted by Gasteiger charge is -2.24. The summed E-state index contributed by atoms with van der Waals surface area (Å²) in [5.41, 5.74) is -0.497. The predicted molar refractivity (Wildman–Crippen MR) is 69.5 cm³/mol. The fourth-order valence-corrected chi connectivity index (χ4v) is 3.42. The first-order valence-corrected chi connectivity index (χ1v) is 6.89. The van der Waals surface area contributed by atoms with E-state index < -0.39 is 5.60 Å². The van der Waals surface area contributed by atoms with Gasteiger partial charge in [0.25, 0.3) is 0 Å². The smallest absolute Gasteiger partial charge is 0.407 e. The molecule has 4 atom stereocenters. The molecule has 2 aliphatic rings. The molecule has 2 bridgehead atoms. The summed E-state index contributed by atoms with van der Waals surface area (Å²) in [5, 5.41) is 2.94. The van der Waals surface area contributed by atoms with Crippen molar-refractivity contribution in [1.82, 2.24) is 5.32 Å². The maximum Gasteiger partial charge on any atom is 0.407 e. The normalized spacial score (nSPS) is 33.1. The van der Waals surface area contributed by atoms with E-state index >= 15 is 0 Å². The number of amides is 1. The van der Waals surface area contributed by atoms with Gasteiger partial charge in [-0.1, -0.05) is 0 Å². The van der Waals surface area contributed by atoms with E-state index in [1.807, 2.05) is 20.8 Å². The third-order valence-electron chi connectivity index (χ3n) is 4.10. The largest absolute Gasteiger partial charge is 0.469 e. The summed E-state index contributed by atoms with van der Waals surface area (Å²) in [6.45, 7) is 5.52. The Morgan fingerprint density at radius 2 is 1.89 bits per heavy atom. The number of rotatable bonds is 2. The Labute approximate surface area is 114 Å². The highest BCUT2D eigenvalue weighted by molar-refractivity contribution is 5.74. The lowest BCUT2D eigenvalue weighted by Crippen LogP contribution is -2.42. The first-order valence-electron chi connectivity index (χ1n) is 6.89. The van der Waals surface area contributed by atoms with Crippen molar-refractivity contribution in [2.24, 2.45) is 17.8 Å². The van der Waals surface area contributed by atoms with Crippen LogP contribution in [0.1, 0.15) is 40.0 Å². The van der Waals surface area contributed by atoms with Crippen LogP contribution in [0.15, 0.2) is 0 Å². The van der Waals surface area contributed by atoms with Gasteiger partial charge >= 0.3 is 12.1 Å². The molecule has 0 spiro atoms. The topological polar surface area (TPSA) is 64.6 Å². The highest BCUT2D eigenvalue weighted by atomic mass is 16.6. The molecule has 1 N–H and O–H groups in total. The van der Waals surface area contributed by atoms with Crippen molar-refractivity contribution < 1.29 is 19.1 Å². The average Bonchev–Trinajstić information content (AvgIpc) is 2.82. The van der Waals surface area contributed by atoms with Gasteiger partial charge in [0.1, 0.15) is 5.60 Å². The van der Waals surface area contributed by atoms with E-state index in [2.05, 4.69) is 5.32 Å². The third kappa shape index (κ3) is 3.01. The minimum absolute atomic E-state index is 0.0546. The average molecular weight is 269 g/mol. The maximum absolute atomic E-state index is 11.8. The molecule has 5 heteroatoms. The molecule has 0 aromatic rings. The zero-order valence-electron chi connectivity index (χ0n) is 12.1. The molecule has 0 aromatic heterocycles. The molecule has 0 aliphatic heterocycles. The molecule has 0 unspecified atom stereocenters. The second-order valence-electron chi connectivity index (χ2n) is 6.54. The number of hydrogen-bond acceptors (Lipinski definition) is 4. The van der Waals surface area contributed by atoms with E-state index in [4.69, 9.17) is 9.47 Å². The molecule has 108 valence electrons. The summed E-state index contributed by atoms with van der Waals surface area (Å²) >= 11 is 0. The van der Waals surface area contributed by atoms with Crippen LogP contribution in [0.4, 0.5) is 4.79 Å². The summed E-state index contributed by atoms with van der Waals surface area (Å²) in [6, 6.07) is 0.0546. The minimum atomic E-state index is -0.497. The quantitative estimate of drug-likeness (QED) is 0.780. The van der Waals surface area contributed by atoms with Gasteiger partial charge in [0.2, 0.25) is 0 Å². The summed E-state index contributed by atoms with van der Waals surface area (Å²) < 4.78 is 10.1. The number of ether oxygens (including phenoxy) is 2. The van der Waals surface area contributed by atoms with Gasteiger partial charge in [-0.15, -0.1) is 0 Å². The fourth-order valence-electron chi connectivity index (χ4n) is 3.42. The first-order chi connectivity index (χ1) is 8.81. The van der Waals surface area contributed by atoms with E-state index in [0.29, 0.717) is 5.92 Å². The number of carbonyl (C=O) groups excluding carboxylic acids is 2. The van der Waals surface area contributed by atoms with E-state index in [0.717, 1.165) is 19.3 Å². The van der Waals surface area contributed by atoms with Crippen molar-refractivity contribution in [3.05, 3.63) is 0 Å². The molecule has 0 heterocycles. The number of methoxy groups -OCH3 is 1. The SMILES string of the molecule is COC(=O)[C@@H]1C[C@H]2CC[C@H]1[C@H]2NC(=O)OC(C)(C)C. The van der Waals surface area contributed by atoms with Crippen molar-refractivity contribution in [2.45, 2.75) is 51.7 Å². The fraction of sp³-hybridized carbons (Fsp3) is 0.857. The van der Waals surface area contributed by atoms with Gasteiger partial charge in [-0.3, -0.25) is 4.79 Å². The van der Waals surface area contributed by atoms with Crippen molar-refractivity contribution >= 4 is 12.1 Å². The lowest BCUT2D eigenvalue weighted by atomic mass is 9.89. The van der Waals surface area contributed by atoms with E-state index in [1.54, 1.807) is 0 Å². The Hall–Kier alpha value is -1.26. The zero-order chi connectivity index (χ0) is 14.2. The van der Waals surface area contributed by atoms with Gasteiger partial charge in [-0.25, -0.2) is 4.79 Å². The van der Waals surface area contributed by atoms with Gasteiger partial charge in [0, 0.05) is 6.04 Å². The van der Waals surface area contributed by atoms with Gasteiger partial charge in [0.15, 0.2) is 0 Å². The maximum atomic E-state index is 11.8. The van der Waals surface area contributed by atoms with Crippen LogP contribution in [0.5, 0.6) is 0 Å². The molecular weight excluding hydrogens is 246 g/mol. The highest BCUT2D eigenvalue weighted by Crippen LogP contribution is 2.49. The van der Waals surface area contributed by atoms with Crippen LogP contribution < -0.4 is 5.32 Å². The molecule has 5 nitrogen and oxygen atoms in total. The monoisotopic (exact) mass is 269 g/mol. The molecule has 2 saturated carbocycles. The van der Waals surface area contributed by atoms with E-state index in [1.165, 1.54) is 7.11 Å². The van der Waals surface area contributed by atoms with E-state index in [-0.39, 0.29) is 29.9 Å². The van der Waals surface area contributed by atoms with Crippen LogP contribution in [0.25, 0.3) is 0 Å². The van der Waals surface area contributed by atoms with Crippen molar-refractivity contribution in [3.63, 3.8) is 0 Å². The Morgan fingerprint density at radius 1 is 1.21 bits per heavy atom. The van der Waals surface area contributed by atoms with Crippen LogP contribution in [0.2, 0.25) is 0 Å². The van der Waals surface area contributed by atoms with E-state index in [9.17, 15) is 9.59 Å². The Balaban J connectivity index is 1.95. The Morgan fingerprint density at radius 3 is 2.47 bits per heavy atom. The number of alkyl carbamates (subject to hydrolysis) is 1.